The highest BCUT2D eigenvalue weighted by molar-refractivity contribution is 7.80. The smallest absolute Gasteiger partial charge is 0.0459 e. The third-order valence-corrected chi connectivity index (χ3v) is 3.29. The molecule has 0 aliphatic carbocycles. The zero-order valence-electron chi connectivity index (χ0n) is 8.95. The summed E-state index contributed by atoms with van der Waals surface area (Å²) in [5.41, 5.74) is 8.47. The lowest BCUT2D eigenvalue weighted by Gasteiger charge is -2.19. The topological polar surface area (TPSA) is 26.0 Å². The van der Waals surface area contributed by atoms with Gasteiger partial charge in [-0.05, 0) is 11.1 Å². The van der Waals surface area contributed by atoms with Crippen molar-refractivity contribution in [3.05, 3.63) is 71.8 Å². The summed E-state index contributed by atoms with van der Waals surface area (Å²) < 4.78 is 0. The average Bonchev–Trinajstić information content (AvgIpc) is 2.39. The highest BCUT2D eigenvalue weighted by Gasteiger charge is 2.16. The fourth-order valence-electron chi connectivity index (χ4n) is 1.72. The van der Waals surface area contributed by atoms with Crippen LogP contribution in [-0.4, -0.2) is 0 Å². The summed E-state index contributed by atoms with van der Waals surface area (Å²) in [7, 11) is 0. The van der Waals surface area contributed by atoms with Gasteiger partial charge in [0.05, 0.1) is 0 Å². The van der Waals surface area contributed by atoms with Gasteiger partial charge in [0.2, 0.25) is 0 Å². The minimum atomic E-state index is -0.0769. The maximum atomic E-state index is 6.19. The van der Waals surface area contributed by atoms with Crippen molar-refractivity contribution in [1.82, 2.24) is 0 Å². The molecule has 0 saturated carbocycles. The van der Waals surface area contributed by atoms with Crippen molar-refractivity contribution >= 4 is 12.6 Å². The van der Waals surface area contributed by atoms with Crippen LogP contribution in [0.1, 0.15) is 22.4 Å². The van der Waals surface area contributed by atoms with Gasteiger partial charge in [-0.25, -0.2) is 0 Å². The van der Waals surface area contributed by atoms with Crippen molar-refractivity contribution < 1.29 is 0 Å². The summed E-state index contributed by atoms with van der Waals surface area (Å²) in [5, 5.41) is 0.0311. The largest absolute Gasteiger partial charge is 0.323 e. The quantitative estimate of drug-likeness (QED) is 0.775. The molecule has 2 rings (SSSR count). The first-order valence-electron chi connectivity index (χ1n) is 5.32. The molecule has 0 saturated heterocycles. The third kappa shape index (κ3) is 2.46. The van der Waals surface area contributed by atoms with Crippen LogP contribution >= 0.6 is 12.6 Å². The SMILES string of the molecule is N[C@@H](c1ccccc1)[C@H](S)c1ccccc1. The minimum Gasteiger partial charge on any atom is -0.323 e. The molecule has 0 bridgehead atoms. The van der Waals surface area contributed by atoms with Crippen LogP contribution in [0.4, 0.5) is 0 Å². The number of nitrogens with two attached hydrogens (primary N) is 1. The molecule has 0 spiro atoms. The molecule has 82 valence electrons. The van der Waals surface area contributed by atoms with Crippen molar-refractivity contribution in [3.63, 3.8) is 0 Å². The highest BCUT2D eigenvalue weighted by atomic mass is 32.1. The van der Waals surface area contributed by atoms with Gasteiger partial charge in [0.15, 0.2) is 0 Å². The van der Waals surface area contributed by atoms with Crippen molar-refractivity contribution in [1.29, 1.82) is 0 Å². The third-order valence-electron chi connectivity index (χ3n) is 2.67. The summed E-state index contributed by atoms with van der Waals surface area (Å²) in [6.07, 6.45) is 0. The van der Waals surface area contributed by atoms with E-state index in [1.54, 1.807) is 0 Å². The fourth-order valence-corrected chi connectivity index (χ4v) is 2.06. The fraction of sp³-hybridized carbons (Fsp3) is 0.143. The molecule has 0 radical (unpaired) electrons. The van der Waals surface area contributed by atoms with Gasteiger partial charge in [0.25, 0.3) is 0 Å². The maximum absolute atomic E-state index is 6.19. The van der Waals surface area contributed by atoms with Crippen LogP contribution in [0, 0.1) is 0 Å². The number of thiol groups is 1. The molecule has 2 N–H and O–H groups in total. The predicted molar refractivity (Wildman–Crippen MR) is 71.5 cm³/mol. The van der Waals surface area contributed by atoms with E-state index in [1.165, 1.54) is 0 Å². The Morgan fingerprint density at radius 3 is 1.69 bits per heavy atom. The minimum absolute atomic E-state index is 0.0311. The Hall–Kier alpha value is -1.25. The molecular formula is C14H15NS. The van der Waals surface area contributed by atoms with Gasteiger partial charge in [-0.2, -0.15) is 12.6 Å². The van der Waals surface area contributed by atoms with E-state index in [1.807, 2.05) is 48.5 Å². The van der Waals surface area contributed by atoms with E-state index in [2.05, 4.69) is 24.8 Å². The average molecular weight is 229 g/mol. The van der Waals surface area contributed by atoms with Crippen LogP contribution in [0.2, 0.25) is 0 Å². The van der Waals surface area contributed by atoms with Crippen LogP contribution < -0.4 is 5.73 Å². The lowest BCUT2D eigenvalue weighted by atomic mass is 9.99. The van der Waals surface area contributed by atoms with E-state index in [-0.39, 0.29) is 11.3 Å². The summed E-state index contributed by atoms with van der Waals surface area (Å²) >= 11 is 4.60. The van der Waals surface area contributed by atoms with Crippen LogP contribution in [-0.2, 0) is 0 Å². The van der Waals surface area contributed by atoms with Crippen molar-refractivity contribution in [3.8, 4) is 0 Å². The molecule has 2 heteroatoms. The van der Waals surface area contributed by atoms with Crippen LogP contribution in [0.25, 0.3) is 0 Å². The maximum Gasteiger partial charge on any atom is 0.0459 e. The Labute approximate surface area is 102 Å². The predicted octanol–water partition coefficient (Wildman–Crippen LogP) is 3.36. The van der Waals surface area contributed by atoms with Crippen LogP contribution in [0.5, 0.6) is 0 Å². The zero-order valence-corrected chi connectivity index (χ0v) is 9.85. The molecular weight excluding hydrogens is 214 g/mol. The number of benzene rings is 2. The number of rotatable bonds is 3. The standard InChI is InChI=1S/C14H15NS/c15-13(11-7-3-1-4-8-11)14(16)12-9-5-2-6-10-12/h1-10,13-14,16H,15H2/t13-,14+/m0/s1. The summed E-state index contributed by atoms with van der Waals surface area (Å²) in [6, 6.07) is 20.1. The molecule has 0 fully saturated rings. The second-order valence-electron chi connectivity index (χ2n) is 3.79. The zero-order chi connectivity index (χ0) is 11.4. The number of hydrogen-bond acceptors (Lipinski definition) is 2. The molecule has 1 nitrogen and oxygen atoms in total. The number of hydrogen-bond donors (Lipinski definition) is 2. The van der Waals surface area contributed by atoms with Crippen molar-refractivity contribution in [2.24, 2.45) is 5.73 Å². The highest BCUT2D eigenvalue weighted by Crippen LogP contribution is 2.31. The summed E-state index contributed by atoms with van der Waals surface area (Å²) in [5.74, 6) is 0. The van der Waals surface area contributed by atoms with Crippen LogP contribution in [0.3, 0.4) is 0 Å². The van der Waals surface area contributed by atoms with Gasteiger partial charge >= 0.3 is 0 Å². The monoisotopic (exact) mass is 229 g/mol. The van der Waals surface area contributed by atoms with E-state index < -0.39 is 0 Å². The van der Waals surface area contributed by atoms with Gasteiger partial charge < -0.3 is 5.73 Å². The van der Waals surface area contributed by atoms with E-state index in [0.717, 1.165) is 11.1 Å². The Morgan fingerprint density at radius 1 is 0.750 bits per heavy atom. The van der Waals surface area contributed by atoms with Gasteiger partial charge in [0, 0.05) is 11.3 Å². The van der Waals surface area contributed by atoms with Gasteiger partial charge in [-0.1, -0.05) is 60.7 Å². The second-order valence-corrected chi connectivity index (χ2v) is 4.35. The Morgan fingerprint density at radius 2 is 1.19 bits per heavy atom. The Balaban J connectivity index is 2.20. The van der Waals surface area contributed by atoms with E-state index in [4.69, 9.17) is 5.73 Å². The van der Waals surface area contributed by atoms with Gasteiger partial charge in [-0.15, -0.1) is 0 Å². The molecule has 0 aliphatic heterocycles. The van der Waals surface area contributed by atoms with E-state index in [9.17, 15) is 0 Å². The molecule has 0 aliphatic rings. The molecule has 2 atom stereocenters. The molecule has 16 heavy (non-hydrogen) atoms. The summed E-state index contributed by atoms with van der Waals surface area (Å²) in [6.45, 7) is 0. The molecule has 2 aromatic carbocycles. The first-order chi connectivity index (χ1) is 7.79. The Kier molecular flexibility index (Phi) is 3.65. The first kappa shape index (κ1) is 11.2. The molecule has 0 aromatic heterocycles. The van der Waals surface area contributed by atoms with Gasteiger partial charge in [0.1, 0.15) is 0 Å². The molecule has 0 amide bonds. The van der Waals surface area contributed by atoms with Gasteiger partial charge in [-0.3, -0.25) is 0 Å². The van der Waals surface area contributed by atoms with Crippen LogP contribution in [0.15, 0.2) is 60.7 Å². The molecule has 0 heterocycles. The van der Waals surface area contributed by atoms with E-state index >= 15 is 0 Å². The summed E-state index contributed by atoms with van der Waals surface area (Å²) in [4.78, 5) is 0. The molecule has 2 aromatic rings. The lowest BCUT2D eigenvalue weighted by molar-refractivity contribution is 0.709. The van der Waals surface area contributed by atoms with Crippen molar-refractivity contribution in [2.45, 2.75) is 11.3 Å². The Bertz CT molecular complexity index is 384. The lowest BCUT2D eigenvalue weighted by Crippen LogP contribution is -2.16. The second kappa shape index (κ2) is 5.19. The van der Waals surface area contributed by atoms with E-state index in [0.29, 0.717) is 0 Å². The van der Waals surface area contributed by atoms with Crippen molar-refractivity contribution in [2.75, 3.05) is 0 Å². The first-order valence-corrected chi connectivity index (χ1v) is 5.84. The normalized spacial score (nSPS) is 14.4. The molecule has 0 unspecified atom stereocenters.